The van der Waals surface area contributed by atoms with E-state index in [1.54, 1.807) is 0 Å². The zero-order valence-electron chi connectivity index (χ0n) is 14.3. The van der Waals surface area contributed by atoms with Crippen LogP contribution < -0.4 is 15.5 Å². The summed E-state index contributed by atoms with van der Waals surface area (Å²) in [6.07, 6.45) is 4.53. The number of hydrogen-bond acceptors (Lipinski definition) is 4. The minimum absolute atomic E-state index is 0.122. The molecule has 5 nitrogen and oxygen atoms in total. The molecule has 1 atom stereocenters. The van der Waals surface area contributed by atoms with Gasteiger partial charge in [0.1, 0.15) is 5.82 Å². The molecule has 2 N–H and O–H groups in total. The van der Waals surface area contributed by atoms with Gasteiger partial charge < -0.3 is 15.5 Å². The van der Waals surface area contributed by atoms with Crippen molar-refractivity contribution >= 4 is 11.7 Å². The number of hydrogen-bond donors (Lipinski definition) is 2. The van der Waals surface area contributed by atoms with Crippen LogP contribution in [0.15, 0.2) is 48.7 Å². The Morgan fingerprint density at radius 3 is 2.60 bits per heavy atom. The molecule has 3 heterocycles. The first-order valence-corrected chi connectivity index (χ1v) is 9.06. The van der Waals surface area contributed by atoms with Crippen LogP contribution in [-0.2, 0) is 17.8 Å². The SMILES string of the molecule is O=C(NC1CCN(c2ccccn2)CC1)C1Cc2ccccc2CN1. The van der Waals surface area contributed by atoms with Crippen LogP contribution in [0.5, 0.6) is 0 Å². The third kappa shape index (κ3) is 3.66. The van der Waals surface area contributed by atoms with Crippen molar-refractivity contribution in [2.75, 3.05) is 18.0 Å². The van der Waals surface area contributed by atoms with Crippen molar-refractivity contribution in [2.45, 2.75) is 37.9 Å². The summed E-state index contributed by atoms with van der Waals surface area (Å²) < 4.78 is 0. The first-order valence-electron chi connectivity index (χ1n) is 9.06. The number of benzene rings is 1. The van der Waals surface area contributed by atoms with Crippen LogP contribution in [0.1, 0.15) is 24.0 Å². The van der Waals surface area contributed by atoms with Crippen molar-refractivity contribution in [1.29, 1.82) is 0 Å². The van der Waals surface area contributed by atoms with E-state index >= 15 is 0 Å². The van der Waals surface area contributed by atoms with Crippen LogP contribution in [-0.4, -0.2) is 36.1 Å². The van der Waals surface area contributed by atoms with E-state index in [4.69, 9.17) is 0 Å². The number of fused-ring (bicyclic) bond motifs is 1. The molecule has 2 aliphatic rings. The van der Waals surface area contributed by atoms with Crippen LogP contribution in [0.2, 0.25) is 0 Å². The van der Waals surface area contributed by atoms with E-state index in [9.17, 15) is 4.79 Å². The molecule has 0 radical (unpaired) electrons. The van der Waals surface area contributed by atoms with Crippen molar-refractivity contribution in [3.8, 4) is 0 Å². The first kappa shape index (κ1) is 16.1. The highest BCUT2D eigenvalue weighted by molar-refractivity contribution is 5.82. The third-order valence-electron chi connectivity index (χ3n) is 5.21. The molecule has 4 rings (SSSR count). The van der Waals surface area contributed by atoms with Gasteiger partial charge in [-0.1, -0.05) is 30.3 Å². The topological polar surface area (TPSA) is 57.3 Å². The lowest BCUT2D eigenvalue weighted by atomic mass is 9.95. The average molecular weight is 336 g/mol. The fraction of sp³-hybridized carbons (Fsp3) is 0.400. The molecule has 2 aromatic rings. The summed E-state index contributed by atoms with van der Waals surface area (Å²) in [5, 5.41) is 6.61. The number of rotatable bonds is 3. The van der Waals surface area contributed by atoms with E-state index in [0.29, 0.717) is 0 Å². The number of carbonyl (C=O) groups excluding carboxylic acids is 1. The zero-order valence-corrected chi connectivity index (χ0v) is 14.3. The standard InChI is InChI=1S/C20H24N4O/c25-20(18-13-15-5-1-2-6-16(15)14-22-18)23-17-8-11-24(12-9-17)19-7-3-4-10-21-19/h1-7,10,17-18,22H,8-9,11-14H2,(H,23,25). The van der Waals surface area contributed by atoms with Gasteiger partial charge in [-0.25, -0.2) is 4.98 Å². The van der Waals surface area contributed by atoms with E-state index in [2.05, 4.69) is 38.7 Å². The predicted molar refractivity (Wildman–Crippen MR) is 98.4 cm³/mol. The second kappa shape index (κ2) is 7.23. The third-order valence-corrected chi connectivity index (χ3v) is 5.21. The van der Waals surface area contributed by atoms with Gasteiger partial charge in [0.05, 0.1) is 6.04 Å². The minimum Gasteiger partial charge on any atom is -0.356 e. The fourth-order valence-electron chi connectivity index (χ4n) is 3.74. The number of amides is 1. The fourth-order valence-corrected chi connectivity index (χ4v) is 3.74. The normalized spacial score (nSPS) is 20.8. The van der Waals surface area contributed by atoms with Crippen LogP contribution >= 0.6 is 0 Å². The molecule has 25 heavy (non-hydrogen) atoms. The Balaban J connectivity index is 1.30. The summed E-state index contributed by atoms with van der Waals surface area (Å²) in [6, 6.07) is 14.5. The number of pyridine rings is 1. The molecule has 1 saturated heterocycles. The number of piperidine rings is 1. The molecule has 0 aliphatic carbocycles. The summed E-state index contributed by atoms with van der Waals surface area (Å²) in [7, 11) is 0. The molecule has 1 fully saturated rings. The summed E-state index contributed by atoms with van der Waals surface area (Å²) in [5.74, 6) is 1.16. The Morgan fingerprint density at radius 1 is 1.08 bits per heavy atom. The van der Waals surface area contributed by atoms with E-state index in [1.807, 2.05) is 30.5 Å². The lowest BCUT2D eigenvalue weighted by molar-refractivity contribution is -0.124. The van der Waals surface area contributed by atoms with Gasteiger partial charge in [-0.15, -0.1) is 0 Å². The van der Waals surface area contributed by atoms with E-state index < -0.39 is 0 Å². The molecule has 0 saturated carbocycles. The molecule has 0 bridgehead atoms. The van der Waals surface area contributed by atoms with E-state index in [-0.39, 0.29) is 18.0 Å². The molecule has 130 valence electrons. The summed E-state index contributed by atoms with van der Waals surface area (Å²) in [5.41, 5.74) is 2.58. The molecule has 1 amide bonds. The molecular formula is C20H24N4O. The Kier molecular flexibility index (Phi) is 4.65. The quantitative estimate of drug-likeness (QED) is 0.899. The van der Waals surface area contributed by atoms with Gasteiger partial charge in [0.25, 0.3) is 0 Å². The maximum absolute atomic E-state index is 12.6. The number of carbonyl (C=O) groups is 1. The van der Waals surface area contributed by atoms with Crippen molar-refractivity contribution in [3.05, 3.63) is 59.8 Å². The molecule has 1 aromatic heterocycles. The number of aromatic nitrogens is 1. The molecule has 5 heteroatoms. The smallest absolute Gasteiger partial charge is 0.237 e. The van der Waals surface area contributed by atoms with Crippen molar-refractivity contribution in [3.63, 3.8) is 0 Å². The largest absolute Gasteiger partial charge is 0.356 e. The van der Waals surface area contributed by atoms with Crippen LogP contribution in [0.25, 0.3) is 0 Å². The van der Waals surface area contributed by atoms with Crippen molar-refractivity contribution in [1.82, 2.24) is 15.6 Å². The molecule has 1 aromatic carbocycles. The predicted octanol–water partition coefficient (Wildman–Crippen LogP) is 1.88. The zero-order chi connectivity index (χ0) is 17.1. The summed E-state index contributed by atoms with van der Waals surface area (Å²) in [6.45, 7) is 2.64. The van der Waals surface area contributed by atoms with Gasteiger partial charge in [0.15, 0.2) is 0 Å². The monoisotopic (exact) mass is 336 g/mol. The number of anilines is 1. The van der Waals surface area contributed by atoms with E-state index in [1.165, 1.54) is 11.1 Å². The number of nitrogens with one attached hydrogen (secondary N) is 2. The molecule has 2 aliphatic heterocycles. The van der Waals surface area contributed by atoms with Crippen LogP contribution in [0, 0.1) is 0 Å². The maximum atomic E-state index is 12.6. The molecule has 0 spiro atoms. The Morgan fingerprint density at radius 2 is 1.84 bits per heavy atom. The first-order chi connectivity index (χ1) is 12.3. The van der Waals surface area contributed by atoms with Gasteiger partial charge in [0.2, 0.25) is 5.91 Å². The highest BCUT2D eigenvalue weighted by atomic mass is 16.2. The Hall–Kier alpha value is -2.40. The van der Waals surface area contributed by atoms with Crippen LogP contribution in [0.3, 0.4) is 0 Å². The van der Waals surface area contributed by atoms with E-state index in [0.717, 1.165) is 44.7 Å². The molecular weight excluding hydrogens is 312 g/mol. The lowest BCUT2D eigenvalue weighted by Crippen LogP contribution is -2.52. The second-order valence-corrected chi connectivity index (χ2v) is 6.86. The average Bonchev–Trinajstić information content (AvgIpc) is 2.69. The highest BCUT2D eigenvalue weighted by Gasteiger charge is 2.27. The molecule has 1 unspecified atom stereocenters. The van der Waals surface area contributed by atoms with Gasteiger partial charge in [0, 0.05) is 31.9 Å². The minimum atomic E-state index is -0.122. The Labute approximate surface area is 148 Å². The van der Waals surface area contributed by atoms with Gasteiger partial charge >= 0.3 is 0 Å². The maximum Gasteiger partial charge on any atom is 0.237 e. The van der Waals surface area contributed by atoms with Crippen LogP contribution in [0.4, 0.5) is 5.82 Å². The van der Waals surface area contributed by atoms with Gasteiger partial charge in [-0.3, -0.25) is 4.79 Å². The summed E-state index contributed by atoms with van der Waals surface area (Å²) in [4.78, 5) is 19.3. The number of nitrogens with zero attached hydrogens (tertiary/aromatic N) is 2. The Bertz CT molecular complexity index is 725. The lowest BCUT2D eigenvalue weighted by Gasteiger charge is -2.34. The van der Waals surface area contributed by atoms with Gasteiger partial charge in [-0.05, 0) is 42.5 Å². The van der Waals surface area contributed by atoms with Gasteiger partial charge in [-0.2, -0.15) is 0 Å². The van der Waals surface area contributed by atoms with Crippen molar-refractivity contribution in [2.24, 2.45) is 0 Å². The highest BCUT2D eigenvalue weighted by Crippen LogP contribution is 2.19. The summed E-state index contributed by atoms with van der Waals surface area (Å²) >= 11 is 0. The second-order valence-electron chi connectivity index (χ2n) is 6.86. The van der Waals surface area contributed by atoms with Crippen molar-refractivity contribution < 1.29 is 4.79 Å².